The van der Waals surface area contributed by atoms with Crippen molar-refractivity contribution >= 4 is 29.1 Å². The van der Waals surface area contributed by atoms with Crippen molar-refractivity contribution in [2.45, 2.75) is 12.4 Å². The molecule has 19 heavy (non-hydrogen) atoms. The van der Waals surface area contributed by atoms with Crippen LogP contribution in [0.1, 0.15) is 21.5 Å². The third kappa shape index (κ3) is 3.98. The molecule has 0 atom stereocenters. The minimum absolute atomic E-state index is 0.101. The Hall–Kier alpha value is -1.51. The summed E-state index contributed by atoms with van der Waals surface area (Å²) in [5.74, 6) is 0.350. The van der Waals surface area contributed by atoms with Gasteiger partial charge in [-0.1, -0.05) is 35.9 Å². The average molecular weight is 294 g/mol. The van der Waals surface area contributed by atoms with Gasteiger partial charge in [-0.3, -0.25) is 4.79 Å². The number of benzene rings is 2. The van der Waals surface area contributed by atoms with E-state index in [0.29, 0.717) is 23.0 Å². The van der Waals surface area contributed by atoms with Crippen molar-refractivity contribution in [2.75, 3.05) is 0 Å². The zero-order valence-electron chi connectivity index (χ0n) is 10.2. The number of halogens is 2. The zero-order chi connectivity index (χ0) is 13.7. The third-order valence-electron chi connectivity index (χ3n) is 2.74. The molecule has 0 radical (unpaired) electrons. The van der Waals surface area contributed by atoms with Gasteiger partial charge < -0.3 is 5.32 Å². The Balaban J connectivity index is 1.95. The summed E-state index contributed by atoms with van der Waals surface area (Å²) >= 11 is 11.5. The van der Waals surface area contributed by atoms with Crippen LogP contribution in [-0.2, 0) is 12.4 Å². The predicted molar refractivity (Wildman–Crippen MR) is 78.6 cm³/mol. The molecule has 2 nitrogen and oxygen atoms in total. The van der Waals surface area contributed by atoms with E-state index in [9.17, 15) is 4.79 Å². The van der Waals surface area contributed by atoms with E-state index >= 15 is 0 Å². The summed E-state index contributed by atoms with van der Waals surface area (Å²) in [4.78, 5) is 11.9. The second-order valence-corrected chi connectivity index (χ2v) is 4.84. The van der Waals surface area contributed by atoms with Crippen LogP contribution in [0.5, 0.6) is 0 Å². The van der Waals surface area contributed by atoms with Gasteiger partial charge >= 0.3 is 0 Å². The van der Waals surface area contributed by atoms with Crippen LogP contribution >= 0.6 is 23.2 Å². The number of hydrogen-bond acceptors (Lipinski definition) is 1. The molecule has 0 aliphatic heterocycles. The van der Waals surface area contributed by atoms with Gasteiger partial charge in [0.05, 0.1) is 0 Å². The van der Waals surface area contributed by atoms with Gasteiger partial charge in [-0.2, -0.15) is 0 Å². The number of amides is 1. The van der Waals surface area contributed by atoms with Gasteiger partial charge in [-0.15, -0.1) is 11.6 Å². The summed E-state index contributed by atoms with van der Waals surface area (Å²) in [6, 6.07) is 14.6. The lowest BCUT2D eigenvalue weighted by Gasteiger charge is -2.06. The summed E-state index contributed by atoms with van der Waals surface area (Å²) in [5.41, 5.74) is 2.63. The Kier molecular flexibility index (Phi) is 4.83. The Labute approximate surface area is 122 Å². The molecular weight excluding hydrogens is 281 g/mol. The molecule has 0 aliphatic carbocycles. The molecule has 0 fully saturated rings. The number of nitrogens with one attached hydrogen (secondary N) is 1. The molecule has 4 heteroatoms. The van der Waals surface area contributed by atoms with Crippen LogP contribution in [0.2, 0.25) is 5.02 Å². The van der Waals surface area contributed by atoms with Crippen LogP contribution in [0.15, 0.2) is 48.5 Å². The Morgan fingerprint density at radius 3 is 2.11 bits per heavy atom. The van der Waals surface area contributed by atoms with Crippen molar-refractivity contribution in [3.05, 3.63) is 70.2 Å². The van der Waals surface area contributed by atoms with E-state index in [1.807, 2.05) is 24.3 Å². The summed E-state index contributed by atoms with van der Waals surface area (Å²) in [7, 11) is 0. The van der Waals surface area contributed by atoms with E-state index in [4.69, 9.17) is 23.2 Å². The van der Waals surface area contributed by atoms with Gasteiger partial charge in [0.1, 0.15) is 0 Å². The van der Waals surface area contributed by atoms with Crippen LogP contribution in [-0.4, -0.2) is 5.91 Å². The van der Waals surface area contributed by atoms with Crippen LogP contribution in [0.25, 0.3) is 0 Å². The summed E-state index contributed by atoms with van der Waals surface area (Å²) in [6.07, 6.45) is 0. The second kappa shape index (κ2) is 6.60. The van der Waals surface area contributed by atoms with E-state index in [-0.39, 0.29) is 5.91 Å². The molecule has 2 rings (SSSR count). The third-order valence-corrected chi connectivity index (χ3v) is 3.30. The maximum absolute atomic E-state index is 11.9. The first-order valence-electron chi connectivity index (χ1n) is 5.86. The lowest BCUT2D eigenvalue weighted by Crippen LogP contribution is -2.22. The molecule has 0 bridgehead atoms. The van der Waals surface area contributed by atoms with Crippen LogP contribution in [0.4, 0.5) is 0 Å². The molecule has 0 heterocycles. The van der Waals surface area contributed by atoms with Gasteiger partial charge in [0.2, 0.25) is 0 Å². The van der Waals surface area contributed by atoms with Crippen molar-refractivity contribution in [3.8, 4) is 0 Å². The molecule has 0 unspecified atom stereocenters. The number of hydrogen-bond donors (Lipinski definition) is 1. The molecule has 0 saturated carbocycles. The van der Waals surface area contributed by atoms with Crippen molar-refractivity contribution in [2.24, 2.45) is 0 Å². The second-order valence-electron chi connectivity index (χ2n) is 4.14. The lowest BCUT2D eigenvalue weighted by molar-refractivity contribution is 0.0951. The first-order chi connectivity index (χ1) is 9.19. The molecule has 2 aromatic carbocycles. The lowest BCUT2D eigenvalue weighted by atomic mass is 10.1. The highest BCUT2D eigenvalue weighted by molar-refractivity contribution is 6.30. The Morgan fingerprint density at radius 1 is 0.947 bits per heavy atom. The van der Waals surface area contributed by atoms with Gasteiger partial charge in [-0.25, -0.2) is 0 Å². The van der Waals surface area contributed by atoms with Crippen molar-refractivity contribution in [1.29, 1.82) is 0 Å². The molecule has 2 aromatic rings. The van der Waals surface area contributed by atoms with Crippen molar-refractivity contribution in [1.82, 2.24) is 5.32 Å². The van der Waals surface area contributed by atoms with E-state index < -0.39 is 0 Å². The zero-order valence-corrected chi connectivity index (χ0v) is 11.7. The maximum Gasteiger partial charge on any atom is 0.251 e. The highest BCUT2D eigenvalue weighted by Crippen LogP contribution is 2.10. The summed E-state index contributed by atoms with van der Waals surface area (Å²) < 4.78 is 0. The van der Waals surface area contributed by atoms with Crippen molar-refractivity contribution in [3.63, 3.8) is 0 Å². The summed E-state index contributed by atoms with van der Waals surface area (Å²) in [5, 5.41) is 3.54. The molecule has 0 spiro atoms. The number of alkyl halides is 1. The van der Waals surface area contributed by atoms with E-state index in [2.05, 4.69) is 5.32 Å². The minimum Gasteiger partial charge on any atom is -0.348 e. The quantitative estimate of drug-likeness (QED) is 0.848. The number of rotatable bonds is 4. The fourth-order valence-electron chi connectivity index (χ4n) is 1.63. The Bertz CT molecular complexity index is 549. The van der Waals surface area contributed by atoms with Crippen LogP contribution in [0, 0.1) is 0 Å². The molecule has 98 valence electrons. The van der Waals surface area contributed by atoms with Gasteiger partial charge in [0.25, 0.3) is 5.91 Å². The molecule has 0 saturated heterocycles. The molecule has 0 aromatic heterocycles. The normalized spacial score (nSPS) is 10.2. The Morgan fingerprint density at radius 2 is 1.53 bits per heavy atom. The average Bonchev–Trinajstić information content (AvgIpc) is 2.46. The minimum atomic E-state index is -0.101. The largest absolute Gasteiger partial charge is 0.348 e. The highest BCUT2D eigenvalue weighted by Gasteiger charge is 2.04. The number of carbonyl (C=O) groups is 1. The predicted octanol–water partition coefficient (Wildman–Crippen LogP) is 4.01. The van der Waals surface area contributed by atoms with E-state index in [1.165, 1.54) is 0 Å². The maximum atomic E-state index is 11.9. The smallest absolute Gasteiger partial charge is 0.251 e. The monoisotopic (exact) mass is 293 g/mol. The molecule has 0 aliphatic rings. The molecular formula is C15H13Cl2NO. The van der Waals surface area contributed by atoms with E-state index in [0.717, 1.165) is 11.1 Å². The van der Waals surface area contributed by atoms with Crippen LogP contribution < -0.4 is 5.32 Å². The van der Waals surface area contributed by atoms with Gasteiger partial charge in [0.15, 0.2) is 0 Å². The topological polar surface area (TPSA) is 29.1 Å². The van der Waals surface area contributed by atoms with Gasteiger partial charge in [0, 0.05) is 23.0 Å². The van der Waals surface area contributed by atoms with Crippen molar-refractivity contribution < 1.29 is 4.79 Å². The SMILES string of the molecule is O=C(NCc1ccc(Cl)cc1)c1ccc(CCl)cc1. The van der Waals surface area contributed by atoms with Crippen LogP contribution in [0.3, 0.4) is 0 Å². The highest BCUT2D eigenvalue weighted by atomic mass is 35.5. The summed E-state index contributed by atoms with van der Waals surface area (Å²) in [6.45, 7) is 0.479. The number of carbonyl (C=O) groups excluding carboxylic acids is 1. The van der Waals surface area contributed by atoms with E-state index in [1.54, 1.807) is 24.3 Å². The fraction of sp³-hybridized carbons (Fsp3) is 0.133. The first kappa shape index (κ1) is 13.9. The van der Waals surface area contributed by atoms with Gasteiger partial charge in [-0.05, 0) is 35.4 Å². The fourth-order valence-corrected chi connectivity index (χ4v) is 1.94. The standard InChI is InChI=1S/C15H13Cl2NO/c16-9-11-1-5-13(6-2-11)15(19)18-10-12-3-7-14(17)8-4-12/h1-8H,9-10H2,(H,18,19). The first-order valence-corrected chi connectivity index (χ1v) is 6.78. The molecule has 1 amide bonds. The molecule has 1 N–H and O–H groups in total.